The number of thiophene rings is 1. The van der Waals surface area contributed by atoms with Crippen molar-refractivity contribution in [1.29, 1.82) is 0 Å². The van der Waals surface area contributed by atoms with Gasteiger partial charge in [0.1, 0.15) is 10.6 Å². The lowest BCUT2D eigenvalue weighted by Crippen LogP contribution is -2.12. The van der Waals surface area contributed by atoms with Crippen molar-refractivity contribution in [2.45, 2.75) is 0 Å². The Morgan fingerprint density at radius 1 is 1.30 bits per heavy atom. The molecule has 1 N–H and O–H groups in total. The number of carboxylic acids is 1. The van der Waals surface area contributed by atoms with Gasteiger partial charge >= 0.3 is 5.97 Å². The lowest BCUT2D eigenvalue weighted by molar-refractivity contribution is -0.385. The molecule has 0 aliphatic rings. The van der Waals surface area contributed by atoms with Crippen molar-refractivity contribution in [3.8, 4) is 0 Å². The molecule has 0 fully saturated rings. The molecule has 0 saturated heterocycles. The number of aromatic carboxylic acids is 1. The van der Waals surface area contributed by atoms with Crippen LogP contribution < -0.4 is 0 Å². The second kappa shape index (κ2) is 5.40. The first-order valence-electron chi connectivity index (χ1n) is 5.22. The average Bonchev–Trinajstić information content (AvgIpc) is 2.90. The van der Waals surface area contributed by atoms with Crippen LogP contribution >= 0.6 is 22.9 Å². The zero-order valence-corrected chi connectivity index (χ0v) is 11.3. The van der Waals surface area contributed by atoms with Crippen LogP contribution in [0.1, 0.15) is 25.6 Å². The Morgan fingerprint density at radius 3 is 2.50 bits per heavy atom. The van der Waals surface area contributed by atoms with Crippen LogP contribution in [0.15, 0.2) is 29.6 Å². The highest BCUT2D eigenvalue weighted by Gasteiger charge is 2.31. The number of ketones is 1. The minimum absolute atomic E-state index is 0.206. The molecule has 1 aromatic heterocycles. The summed E-state index contributed by atoms with van der Waals surface area (Å²) in [4.78, 5) is 33.9. The summed E-state index contributed by atoms with van der Waals surface area (Å²) in [5.74, 6) is -2.16. The molecule has 2 rings (SSSR count). The van der Waals surface area contributed by atoms with E-state index in [0.29, 0.717) is 0 Å². The molecule has 0 aliphatic heterocycles. The number of carbonyl (C=O) groups is 2. The fraction of sp³-hybridized carbons (Fsp3) is 0. The summed E-state index contributed by atoms with van der Waals surface area (Å²) in [5.41, 5.74) is -1.64. The van der Waals surface area contributed by atoms with Crippen LogP contribution in [0.4, 0.5) is 5.69 Å². The van der Waals surface area contributed by atoms with Crippen LogP contribution in [0.25, 0.3) is 0 Å². The molecule has 20 heavy (non-hydrogen) atoms. The van der Waals surface area contributed by atoms with Crippen LogP contribution in [-0.4, -0.2) is 21.8 Å². The second-order valence-electron chi connectivity index (χ2n) is 3.69. The molecule has 0 radical (unpaired) electrons. The summed E-state index contributed by atoms with van der Waals surface area (Å²) in [7, 11) is 0. The summed E-state index contributed by atoms with van der Waals surface area (Å²) >= 11 is 6.79. The zero-order valence-electron chi connectivity index (χ0n) is 9.70. The van der Waals surface area contributed by atoms with Gasteiger partial charge in [-0.2, -0.15) is 0 Å². The van der Waals surface area contributed by atoms with Gasteiger partial charge in [0.25, 0.3) is 5.69 Å². The Hall–Kier alpha value is -2.25. The van der Waals surface area contributed by atoms with Crippen LogP contribution in [0.2, 0.25) is 5.02 Å². The molecule has 0 aliphatic carbocycles. The van der Waals surface area contributed by atoms with Crippen molar-refractivity contribution in [2.75, 3.05) is 0 Å². The average molecular weight is 312 g/mol. The first-order valence-corrected chi connectivity index (χ1v) is 6.47. The van der Waals surface area contributed by atoms with Crippen LogP contribution in [0, 0.1) is 10.1 Å². The molecule has 0 spiro atoms. The van der Waals surface area contributed by atoms with E-state index in [9.17, 15) is 19.7 Å². The number of hydrogen-bond donors (Lipinski definition) is 1. The van der Waals surface area contributed by atoms with Crippen molar-refractivity contribution in [1.82, 2.24) is 0 Å². The number of nitro groups is 1. The molecule has 0 saturated carbocycles. The number of nitro benzene ring substituents is 1. The topological polar surface area (TPSA) is 97.5 Å². The molecule has 1 heterocycles. The third-order valence-corrected chi connectivity index (χ3v) is 3.69. The molecular formula is C12H6ClNO5S. The maximum Gasteiger partial charge on any atom is 0.336 e. The van der Waals surface area contributed by atoms with Gasteiger partial charge in [0, 0.05) is 0 Å². The smallest absolute Gasteiger partial charge is 0.336 e. The van der Waals surface area contributed by atoms with Crippen LogP contribution in [-0.2, 0) is 0 Å². The molecule has 102 valence electrons. The second-order valence-corrected chi connectivity index (χ2v) is 5.04. The van der Waals surface area contributed by atoms with Gasteiger partial charge in [-0.15, -0.1) is 11.3 Å². The number of benzene rings is 1. The van der Waals surface area contributed by atoms with Crippen molar-refractivity contribution in [3.05, 3.63) is 60.8 Å². The maximum atomic E-state index is 12.3. The van der Waals surface area contributed by atoms with E-state index in [2.05, 4.69) is 0 Å². The SMILES string of the molecule is O=C(O)c1ccc(Cl)c([N+](=O)[O-])c1C(=O)c1cccs1. The fourth-order valence-electron chi connectivity index (χ4n) is 1.68. The van der Waals surface area contributed by atoms with Gasteiger partial charge in [-0.1, -0.05) is 17.7 Å². The third-order valence-electron chi connectivity index (χ3n) is 2.51. The standard InChI is InChI=1S/C12H6ClNO5S/c13-7-4-3-6(12(16)17)9(10(7)14(18)19)11(15)8-2-1-5-20-8/h1-5H,(H,16,17). The highest BCUT2D eigenvalue weighted by Crippen LogP contribution is 2.33. The lowest BCUT2D eigenvalue weighted by Gasteiger charge is -2.06. The molecule has 8 heteroatoms. The molecule has 0 amide bonds. The fourth-order valence-corrected chi connectivity index (χ4v) is 2.58. The van der Waals surface area contributed by atoms with Crippen molar-refractivity contribution < 1.29 is 19.6 Å². The van der Waals surface area contributed by atoms with Gasteiger partial charge < -0.3 is 5.11 Å². The van der Waals surface area contributed by atoms with E-state index >= 15 is 0 Å². The van der Waals surface area contributed by atoms with E-state index in [1.807, 2.05) is 0 Å². The van der Waals surface area contributed by atoms with Gasteiger partial charge in [-0.25, -0.2) is 4.79 Å². The van der Waals surface area contributed by atoms with Gasteiger partial charge in [0.2, 0.25) is 5.78 Å². The van der Waals surface area contributed by atoms with E-state index in [1.165, 1.54) is 6.07 Å². The van der Waals surface area contributed by atoms with E-state index in [1.54, 1.807) is 11.4 Å². The zero-order chi connectivity index (χ0) is 14.9. The van der Waals surface area contributed by atoms with Gasteiger partial charge in [-0.05, 0) is 23.6 Å². The van der Waals surface area contributed by atoms with E-state index in [4.69, 9.17) is 16.7 Å². The van der Waals surface area contributed by atoms with Gasteiger partial charge in [0.05, 0.1) is 15.4 Å². The largest absolute Gasteiger partial charge is 0.478 e. The van der Waals surface area contributed by atoms with Crippen LogP contribution in [0.5, 0.6) is 0 Å². The predicted molar refractivity (Wildman–Crippen MR) is 72.8 cm³/mol. The molecule has 0 unspecified atom stereocenters. The number of halogens is 1. The summed E-state index contributed by atoms with van der Waals surface area (Å²) < 4.78 is 0. The normalized spacial score (nSPS) is 10.2. The summed E-state index contributed by atoms with van der Waals surface area (Å²) in [5, 5.41) is 21.5. The molecule has 1 aromatic carbocycles. The van der Waals surface area contributed by atoms with Gasteiger partial charge in [0.15, 0.2) is 0 Å². The number of carbonyl (C=O) groups excluding carboxylic acids is 1. The maximum absolute atomic E-state index is 12.3. The number of carboxylic acid groups (broad SMARTS) is 1. The Bertz CT molecular complexity index is 711. The number of nitrogens with zero attached hydrogens (tertiary/aromatic N) is 1. The minimum atomic E-state index is -1.43. The van der Waals surface area contributed by atoms with E-state index in [-0.39, 0.29) is 9.90 Å². The molecule has 6 nitrogen and oxygen atoms in total. The third kappa shape index (κ3) is 2.40. The highest BCUT2D eigenvalue weighted by molar-refractivity contribution is 7.12. The Labute approximate surface area is 121 Å². The molecule has 0 bridgehead atoms. The van der Waals surface area contributed by atoms with Crippen molar-refractivity contribution in [3.63, 3.8) is 0 Å². The molecule has 2 aromatic rings. The van der Waals surface area contributed by atoms with Crippen molar-refractivity contribution in [2.24, 2.45) is 0 Å². The summed E-state index contributed by atoms with van der Waals surface area (Å²) in [6.07, 6.45) is 0. The van der Waals surface area contributed by atoms with Crippen LogP contribution in [0.3, 0.4) is 0 Å². The Kier molecular flexibility index (Phi) is 3.82. The first-order chi connectivity index (χ1) is 9.43. The lowest BCUT2D eigenvalue weighted by atomic mass is 10.0. The number of rotatable bonds is 4. The summed E-state index contributed by atoms with van der Waals surface area (Å²) in [6.45, 7) is 0. The Balaban J connectivity index is 2.77. The van der Waals surface area contributed by atoms with Crippen molar-refractivity contribution >= 4 is 40.4 Å². The monoisotopic (exact) mass is 311 g/mol. The van der Waals surface area contributed by atoms with E-state index < -0.39 is 33.5 Å². The Morgan fingerprint density at radius 2 is 2.00 bits per heavy atom. The van der Waals surface area contributed by atoms with E-state index in [0.717, 1.165) is 23.5 Å². The minimum Gasteiger partial charge on any atom is -0.478 e. The quantitative estimate of drug-likeness (QED) is 0.531. The highest BCUT2D eigenvalue weighted by atomic mass is 35.5. The molecule has 0 atom stereocenters. The van der Waals surface area contributed by atoms with Gasteiger partial charge in [-0.3, -0.25) is 14.9 Å². The molecular weight excluding hydrogens is 306 g/mol. The number of hydrogen-bond acceptors (Lipinski definition) is 5. The predicted octanol–water partition coefficient (Wildman–Crippen LogP) is 3.24. The first kappa shape index (κ1) is 14.2. The summed E-state index contributed by atoms with van der Waals surface area (Å²) in [6, 6.07) is 5.23.